The van der Waals surface area contributed by atoms with Crippen molar-refractivity contribution < 1.29 is 80.2 Å². The zero-order valence-corrected chi connectivity index (χ0v) is 63.1. The van der Waals surface area contributed by atoms with Gasteiger partial charge in [-0.25, -0.2) is 9.13 Å². The normalized spacial score (nSPS) is 14.0. The molecule has 0 bridgehead atoms. The van der Waals surface area contributed by atoms with Gasteiger partial charge in [0.15, 0.2) is 12.2 Å². The Bertz CT molecular complexity index is 1820. The first-order valence-corrected chi connectivity index (χ1v) is 42.0. The summed E-state index contributed by atoms with van der Waals surface area (Å²) >= 11 is 0. The van der Waals surface area contributed by atoms with Crippen LogP contribution in [0, 0.1) is 11.8 Å². The van der Waals surface area contributed by atoms with Crippen LogP contribution >= 0.6 is 15.6 Å². The van der Waals surface area contributed by atoms with Crippen molar-refractivity contribution in [2.75, 3.05) is 39.6 Å². The third-order valence-electron chi connectivity index (χ3n) is 17.5. The fourth-order valence-electron chi connectivity index (χ4n) is 11.5. The fourth-order valence-corrected chi connectivity index (χ4v) is 13.1. The van der Waals surface area contributed by atoms with Gasteiger partial charge in [-0.3, -0.25) is 37.3 Å². The molecule has 94 heavy (non-hydrogen) atoms. The van der Waals surface area contributed by atoms with Crippen LogP contribution in [-0.4, -0.2) is 96.7 Å². The topological polar surface area (TPSA) is 237 Å². The quantitative estimate of drug-likeness (QED) is 0.0222. The molecule has 0 rings (SSSR count). The van der Waals surface area contributed by atoms with E-state index in [1.807, 2.05) is 0 Å². The van der Waals surface area contributed by atoms with E-state index in [0.717, 1.165) is 102 Å². The van der Waals surface area contributed by atoms with E-state index < -0.39 is 97.5 Å². The monoisotopic (exact) mass is 1380 g/mol. The summed E-state index contributed by atoms with van der Waals surface area (Å²) in [5.41, 5.74) is 0. The number of unbranched alkanes of at least 4 members (excludes halogenated alkanes) is 44. The molecular formula is C75H146O17P2. The largest absolute Gasteiger partial charge is 0.472 e. The summed E-state index contributed by atoms with van der Waals surface area (Å²) in [6.07, 6.45) is 54.3. The molecule has 0 aliphatic rings. The number of esters is 4. The highest BCUT2D eigenvalue weighted by Gasteiger charge is 2.30. The first-order valence-electron chi connectivity index (χ1n) is 39.0. The van der Waals surface area contributed by atoms with Crippen molar-refractivity contribution in [1.29, 1.82) is 0 Å². The average Bonchev–Trinajstić information content (AvgIpc) is 2.35. The SMILES string of the molecule is CCCCCCCCCCCCCCCCCCCCCCC(=O)O[C@H](COC(=O)CCCCCCCCCCCCCC(C)C)COP(=O)(O)OC[C@@H](O)COP(=O)(O)OC[C@@H](COC(=O)CCCCCCCCCCC)OC(=O)CCCCCCCCCCC(C)C. The lowest BCUT2D eigenvalue weighted by atomic mass is 10.0. The third kappa shape index (κ3) is 68.6. The number of rotatable bonds is 74. The Morgan fingerprint density at radius 2 is 0.489 bits per heavy atom. The van der Waals surface area contributed by atoms with Gasteiger partial charge in [-0.1, -0.05) is 337 Å². The Kier molecular flexibility index (Phi) is 65.5. The predicted molar refractivity (Wildman–Crippen MR) is 381 cm³/mol. The lowest BCUT2D eigenvalue weighted by Crippen LogP contribution is -2.30. The molecule has 5 atom stereocenters. The number of hydrogen-bond acceptors (Lipinski definition) is 15. The predicted octanol–water partition coefficient (Wildman–Crippen LogP) is 21.9. The van der Waals surface area contributed by atoms with Crippen LogP contribution in [0.2, 0.25) is 0 Å². The van der Waals surface area contributed by atoms with E-state index in [1.165, 1.54) is 205 Å². The van der Waals surface area contributed by atoms with Crippen molar-refractivity contribution in [2.45, 2.75) is 407 Å². The molecule has 3 N–H and O–H groups in total. The summed E-state index contributed by atoms with van der Waals surface area (Å²) in [6, 6.07) is 0. The van der Waals surface area contributed by atoms with E-state index in [-0.39, 0.29) is 25.7 Å². The second-order valence-electron chi connectivity index (χ2n) is 28.0. The maximum atomic E-state index is 13.1. The molecule has 0 saturated heterocycles. The second kappa shape index (κ2) is 66.9. The van der Waals surface area contributed by atoms with Crippen LogP contribution in [0.25, 0.3) is 0 Å². The number of phosphoric acid groups is 2. The molecule has 0 aromatic carbocycles. The highest BCUT2D eigenvalue weighted by atomic mass is 31.2. The minimum absolute atomic E-state index is 0.105. The molecular weight excluding hydrogens is 1230 g/mol. The minimum atomic E-state index is -4.96. The molecule has 17 nitrogen and oxygen atoms in total. The molecule has 0 radical (unpaired) electrons. The highest BCUT2D eigenvalue weighted by molar-refractivity contribution is 7.47. The van der Waals surface area contributed by atoms with E-state index in [4.69, 9.17) is 37.0 Å². The first kappa shape index (κ1) is 92.1. The van der Waals surface area contributed by atoms with Gasteiger partial charge in [0.2, 0.25) is 0 Å². The molecule has 0 saturated carbocycles. The zero-order chi connectivity index (χ0) is 69.3. The van der Waals surface area contributed by atoms with Crippen molar-refractivity contribution >= 4 is 39.5 Å². The maximum Gasteiger partial charge on any atom is 0.472 e. The van der Waals surface area contributed by atoms with Crippen LogP contribution in [0.5, 0.6) is 0 Å². The smallest absolute Gasteiger partial charge is 0.462 e. The van der Waals surface area contributed by atoms with Gasteiger partial charge in [-0.15, -0.1) is 0 Å². The van der Waals surface area contributed by atoms with Crippen LogP contribution < -0.4 is 0 Å². The molecule has 0 spiro atoms. The van der Waals surface area contributed by atoms with Crippen LogP contribution in [0.15, 0.2) is 0 Å². The number of aliphatic hydroxyl groups excluding tert-OH is 1. The van der Waals surface area contributed by atoms with Crippen molar-refractivity contribution in [1.82, 2.24) is 0 Å². The molecule has 2 unspecified atom stereocenters. The van der Waals surface area contributed by atoms with Gasteiger partial charge in [0.05, 0.1) is 26.4 Å². The summed E-state index contributed by atoms with van der Waals surface area (Å²) in [6.45, 7) is 9.53. The molecule has 0 fully saturated rings. The number of ether oxygens (including phenoxy) is 4. The van der Waals surface area contributed by atoms with Crippen LogP contribution in [0.4, 0.5) is 0 Å². The number of aliphatic hydroxyl groups is 1. The molecule has 0 amide bonds. The molecule has 19 heteroatoms. The zero-order valence-electron chi connectivity index (χ0n) is 61.3. The summed E-state index contributed by atoms with van der Waals surface area (Å²) in [5, 5.41) is 10.6. The van der Waals surface area contributed by atoms with E-state index >= 15 is 0 Å². The molecule has 558 valence electrons. The van der Waals surface area contributed by atoms with E-state index in [9.17, 15) is 43.2 Å². The molecule has 0 heterocycles. The fraction of sp³-hybridized carbons (Fsp3) is 0.947. The van der Waals surface area contributed by atoms with Crippen LogP contribution in [0.1, 0.15) is 388 Å². The lowest BCUT2D eigenvalue weighted by molar-refractivity contribution is -0.161. The van der Waals surface area contributed by atoms with Gasteiger partial charge in [0, 0.05) is 25.7 Å². The summed E-state index contributed by atoms with van der Waals surface area (Å²) in [7, 11) is -9.91. The Hall–Kier alpha value is -1.94. The number of phosphoric ester groups is 2. The molecule has 0 aliphatic heterocycles. The highest BCUT2D eigenvalue weighted by Crippen LogP contribution is 2.45. The van der Waals surface area contributed by atoms with Crippen molar-refractivity contribution in [3.05, 3.63) is 0 Å². The maximum absolute atomic E-state index is 13.1. The van der Waals surface area contributed by atoms with Gasteiger partial charge in [-0.05, 0) is 37.5 Å². The van der Waals surface area contributed by atoms with Gasteiger partial charge in [0.25, 0.3) is 0 Å². The second-order valence-corrected chi connectivity index (χ2v) is 30.9. The Morgan fingerprint density at radius 1 is 0.287 bits per heavy atom. The molecule has 0 aromatic rings. The summed E-state index contributed by atoms with van der Waals surface area (Å²) < 4.78 is 68.4. The lowest BCUT2D eigenvalue weighted by Gasteiger charge is -2.21. The van der Waals surface area contributed by atoms with Crippen LogP contribution in [-0.2, 0) is 65.4 Å². The molecule has 0 aromatic heterocycles. The van der Waals surface area contributed by atoms with Gasteiger partial charge in [0.1, 0.15) is 19.3 Å². The Labute approximate surface area is 575 Å². The van der Waals surface area contributed by atoms with Gasteiger partial charge < -0.3 is 33.8 Å². The van der Waals surface area contributed by atoms with Crippen molar-refractivity contribution in [2.24, 2.45) is 11.8 Å². The average molecular weight is 1380 g/mol. The van der Waals surface area contributed by atoms with Gasteiger partial charge in [-0.2, -0.15) is 0 Å². The Balaban J connectivity index is 5.20. The van der Waals surface area contributed by atoms with Crippen molar-refractivity contribution in [3.8, 4) is 0 Å². The van der Waals surface area contributed by atoms with Crippen molar-refractivity contribution in [3.63, 3.8) is 0 Å². The molecule has 0 aliphatic carbocycles. The summed E-state index contributed by atoms with van der Waals surface area (Å²) in [4.78, 5) is 72.7. The van der Waals surface area contributed by atoms with Gasteiger partial charge >= 0.3 is 39.5 Å². The van der Waals surface area contributed by atoms with E-state index in [1.54, 1.807) is 0 Å². The van der Waals surface area contributed by atoms with Crippen LogP contribution in [0.3, 0.4) is 0 Å². The third-order valence-corrected chi connectivity index (χ3v) is 19.4. The summed E-state index contributed by atoms with van der Waals surface area (Å²) in [5.74, 6) is -0.631. The number of carbonyl (C=O) groups is 4. The minimum Gasteiger partial charge on any atom is -0.462 e. The standard InChI is InChI=1S/C75H146O17P2/c1-7-9-11-13-15-17-18-19-20-21-22-23-24-25-26-29-34-41-47-53-59-74(79)91-70(64-86-73(78)58-52-46-40-33-30-27-28-32-37-43-49-55-67(3)4)65-89-93(81,82)87-61-69(76)62-88-94(83,84)90-66-71(63-85-72(77)57-51-45-39-31-16-14-12-10-8-2)92-75(80)60-54-48-42-36-35-38-44-50-56-68(5)6/h67-71,76H,7-66H2,1-6H3,(H,81,82)(H,83,84)/t69-,70-,71-/m1/s1. The number of carbonyl (C=O) groups excluding carboxylic acids is 4. The Morgan fingerprint density at radius 3 is 0.723 bits per heavy atom. The number of hydrogen-bond donors (Lipinski definition) is 3. The van der Waals surface area contributed by atoms with E-state index in [2.05, 4.69) is 41.5 Å². The van der Waals surface area contributed by atoms with E-state index in [0.29, 0.717) is 25.7 Å². The first-order chi connectivity index (χ1) is 45.4.